The Bertz CT molecular complexity index is 514. The van der Waals surface area contributed by atoms with Gasteiger partial charge >= 0.3 is 0 Å². The molecule has 1 aromatic rings. The van der Waals surface area contributed by atoms with Crippen molar-refractivity contribution in [3.63, 3.8) is 0 Å². The van der Waals surface area contributed by atoms with Crippen molar-refractivity contribution >= 4 is 11.6 Å². The summed E-state index contributed by atoms with van der Waals surface area (Å²) in [7, 11) is 0. The summed E-state index contributed by atoms with van der Waals surface area (Å²) in [6.45, 7) is 0.207. The summed E-state index contributed by atoms with van der Waals surface area (Å²) < 4.78 is 18.7. The minimum absolute atomic E-state index is 0.207. The molecule has 0 spiro atoms. The van der Waals surface area contributed by atoms with Gasteiger partial charge in [-0.15, -0.1) is 11.6 Å². The van der Waals surface area contributed by atoms with Crippen LogP contribution in [0.5, 0.6) is 5.75 Å². The van der Waals surface area contributed by atoms with Crippen LogP contribution in [0.2, 0.25) is 0 Å². The van der Waals surface area contributed by atoms with E-state index in [2.05, 4.69) is 11.8 Å². The topological polar surface area (TPSA) is 29.5 Å². The largest absolute Gasteiger partial charge is 0.461 e. The average molecular weight is 339 g/mol. The van der Waals surface area contributed by atoms with Gasteiger partial charge < -0.3 is 9.84 Å². The van der Waals surface area contributed by atoms with E-state index in [0.717, 1.165) is 50.7 Å². The Labute approximate surface area is 143 Å². The van der Waals surface area contributed by atoms with E-state index in [4.69, 9.17) is 21.4 Å². The predicted molar refractivity (Wildman–Crippen MR) is 93.0 cm³/mol. The third-order valence-electron chi connectivity index (χ3n) is 3.16. The zero-order valence-electron chi connectivity index (χ0n) is 13.4. The number of aliphatic hydroxyl groups excluding tert-OH is 1. The number of ether oxygens (including phenoxy) is 1. The molecule has 0 fully saturated rings. The van der Waals surface area contributed by atoms with Crippen molar-refractivity contribution in [2.45, 2.75) is 44.9 Å². The van der Waals surface area contributed by atoms with E-state index in [1.165, 1.54) is 12.1 Å². The van der Waals surface area contributed by atoms with Gasteiger partial charge in [0.2, 0.25) is 0 Å². The molecule has 2 nitrogen and oxygen atoms in total. The average Bonchev–Trinajstić information content (AvgIpc) is 2.56. The van der Waals surface area contributed by atoms with E-state index in [1.54, 1.807) is 18.2 Å². The lowest BCUT2D eigenvalue weighted by molar-refractivity contribution is 0.281. The fraction of sp³-hybridized carbons (Fsp3) is 0.474. The Morgan fingerprint density at radius 1 is 1.13 bits per heavy atom. The number of hydrogen-bond acceptors (Lipinski definition) is 2. The molecule has 0 unspecified atom stereocenters. The summed E-state index contributed by atoms with van der Waals surface area (Å²) in [6, 6.07) is 5.95. The lowest BCUT2D eigenvalue weighted by Gasteiger charge is -2.09. The maximum Gasteiger partial charge on any atom is 0.127 e. The summed E-state index contributed by atoms with van der Waals surface area (Å²) in [6.07, 6.45) is 7.95. The molecule has 0 heterocycles. The zero-order chi connectivity index (χ0) is 16.8. The Morgan fingerprint density at radius 2 is 1.91 bits per heavy atom. The highest BCUT2D eigenvalue weighted by atomic mass is 35.5. The van der Waals surface area contributed by atoms with Gasteiger partial charge in [-0.3, -0.25) is 0 Å². The minimum Gasteiger partial charge on any atom is -0.461 e. The second kappa shape index (κ2) is 13.0. The van der Waals surface area contributed by atoms with Crippen LogP contribution in [0.15, 0.2) is 36.1 Å². The van der Waals surface area contributed by atoms with Gasteiger partial charge in [0, 0.05) is 31.4 Å². The molecule has 0 saturated heterocycles. The first kappa shape index (κ1) is 19.5. The van der Waals surface area contributed by atoms with Gasteiger partial charge in [-0.25, -0.2) is 4.39 Å². The van der Waals surface area contributed by atoms with Gasteiger partial charge in [-0.1, -0.05) is 18.3 Å². The van der Waals surface area contributed by atoms with E-state index in [1.807, 2.05) is 0 Å². The lowest BCUT2D eigenvalue weighted by atomic mass is 10.1. The molecular formula is C19H24ClFO2. The Balaban J connectivity index is 2.58. The van der Waals surface area contributed by atoms with Gasteiger partial charge in [0.15, 0.2) is 0 Å². The highest BCUT2D eigenvalue weighted by Gasteiger charge is 2.01. The molecule has 23 heavy (non-hydrogen) atoms. The Hall–Kier alpha value is -1.50. The van der Waals surface area contributed by atoms with Crippen LogP contribution in [-0.2, 0) is 0 Å². The van der Waals surface area contributed by atoms with Gasteiger partial charge in [-0.2, -0.15) is 0 Å². The number of unbranched alkanes of at least 4 members (excludes halogenated alkanes) is 4. The van der Waals surface area contributed by atoms with E-state index in [0.29, 0.717) is 11.6 Å². The molecule has 0 aliphatic heterocycles. The second-order valence-electron chi connectivity index (χ2n) is 5.17. The molecule has 0 atom stereocenters. The molecular weight excluding hydrogens is 315 g/mol. The van der Waals surface area contributed by atoms with Crippen molar-refractivity contribution in [2.24, 2.45) is 0 Å². The molecule has 126 valence electrons. The Kier molecular flexibility index (Phi) is 11.0. The highest BCUT2D eigenvalue weighted by molar-refractivity contribution is 6.17. The number of alkyl halides is 1. The smallest absolute Gasteiger partial charge is 0.127 e. The number of hydrogen-bond donors (Lipinski definition) is 1. The van der Waals surface area contributed by atoms with Crippen LogP contribution in [0.1, 0.15) is 44.9 Å². The fourth-order valence-electron chi connectivity index (χ4n) is 1.91. The molecule has 0 radical (unpaired) electrons. The SMILES string of the molecule is OCCCCCC(=CC#CCCCCCl)Oc1ccc(F)cc1. The maximum absolute atomic E-state index is 12.9. The van der Waals surface area contributed by atoms with Crippen LogP contribution >= 0.6 is 11.6 Å². The highest BCUT2D eigenvalue weighted by Crippen LogP contribution is 2.18. The van der Waals surface area contributed by atoms with Crippen LogP contribution in [-0.4, -0.2) is 17.6 Å². The van der Waals surface area contributed by atoms with Crippen molar-refractivity contribution < 1.29 is 14.2 Å². The number of benzene rings is 1. The van der Waals surface area contributed by atoms with E-state index in [-0.39, 0.29) is 12.4 Å². The normalized spacial score (nSPS) is 11.0. The minimum atomic E-state index is -0.287. The number of rotatable bonds is 10. The predicted octanol–water partition coefficient (Wildman–Crippen LogP) is 5.05. The van der Waals surface area contributed by atoms with E-state index >= 15 is 0 Å². The molecule has 1 N–H and O–H groups in total. The molecule has 0 aliphatic rings. The molecule has 0 bridgehead atoms. The van der Waals surface area contributed by atoms with Crippen LogP contribution in [0.25, 0.3) is 0 Å². The van der Waals surface area contributed by atoms with Crippen molar-refractivity contribution in [2.75, 3.05) is 12.5 Å². The first-order chi connectivity index (χ1) is 11.3. The number of aliphatic hydroxyl groups is 1. The zero-order valence-corrected chi connectivity index (χ0v) is 14.1. The van der Waals surface area contributed by atoms with Crippen molar-refractivity contribution in [1.82, 2.24) is 0 Å². The first-order valence-corrected chi connectivity index (χ1v) is 8.57. The summed E-state index contributed by atoms with van der Waals surface area (Å²) in [5.41, 5.74) is 0. The van der Waals surface area contributed by atoms with E-state index < -0.39 is 0 Å². The fourth-order valence-corrected chi connectivity index (χ4v) is 2.10. The Morgan fingerprint density at radius 3 is 2.61 bits per heavy atom. The first-order valence-electron chi connectivity index (χ1n) is 8.04. The van der Waals surface area contributed by atoms with Gasteiger partial charge in [0.25, 0.3) is 0 Å². The van der Waals surface area contributed by atoms with Crippen LogP contribution in [0.3, 0.4) is 0 Å². The summed E-state index contributed by atoms with van der Waals surface area (Å²) in [5.74, 6) is 7.84. The molecule has 1 rings (SSSR count). The molecule has 0 saturated carbocycles. The quantitative estimate of drug-likeness (QED) is 0.280. The molecule has 0 aromatic heterocycles. The lowest BCUT2D eigenvalue weighted by Crippen LogP contribution is -1.96. The summed E-state index contributed by atoms with van der Waals surface area (Å²) in [4.78, 5) is 0. The van der Waals surface area contributed by atoms with Gasteiger partial charge in [-0.05, 0) is 49.9 Å². The maximum atomic E-state index is 12.9. The van der Waals surface area contributed by atoms with Gasteiger partial charge in [0.05, 0.1) is 0 Å². The van der Waals surface area contributed by atoms with Crippen molar-refractivity contribution in [3.8, 4) is 17.6 Å². The van der Waals surface area contributed by atoms with Crippen LogP contribution < -0.4 is 4.74 Å². The molecule has 1 aromatic carbocycles. The standard InChI is InChI=1S/C19H24ClFO2/c20-15-7-3-1-2-5-9-18(10-6-4-8-16-22)23-19-13-11-17(21)12-14-19/h9,11-14,22H,1,3-4,6-8,10,15-16H2. The monoisotopic (exact) mass is 338 g/mol. The van der Waals surface area contributed by atoms with Crippen molar-refractivity contribution in [3.05, 3.63) is 41.9 Å². The number of halogens is 2. The summed E-state index contributed by atoms with van der Waals surface area (Å²) in [5, 5.41) is 8.82. The number of allylic oxidation sites excluding steroid dienone is 2. The molecule has 0 amide bonds. The second-order valence-corrected chi connectivity index (χ2v) is 5.55. The molecule has 0 aliphatic carbocycles. The van der Waals surface area contributed by atoms with Gasteiger partial charge in [0.1, 0.15) is 17.3 Å². The van der Waals surface area contributed by atoms with Crippen molar-refractivity contribution in [1.29, 1.82) is 0 Å². The van der Waals surface area contributed by atoms with Crippen LogP contribution in [0.4, 0.5) is 4.39 Å². The summed E-state index contributed by atoms with van der Waals surface area (Å²) >= 11 is 5.62. The molecule has 4 heteroatoms. The third kappa shape index (κ3) is 9.99. The third-order valence-corrected chi connectivity index (χ3v) is 3.43. The van der Waals surface area contributed by atoms with E-state index in [9.17, 15) is 4.39 Å². The van der Waals surface area contributed by atoms with Crippen LogP contribution in [0, 0.1) is 17.7 Å².